The Morgan fingerprint density at radius 2 is 1.90 bits per heavy atom. The van der Waals surface area contributed by atoms with Crippen LogP contribution in [0.4, 0.5) is 0 Å². The van der Waals surface area contributed by atoms with Gasteiger partial charge in [-0.1, -0.05) is 44.1 Å². The standard InChI is InChI=1S/C17H25N3O/c1-11-7-8-14(9-12(11)2)10-18-13(3)15-19-16(20-21-15)17(4,5)6/h7-9,13,18H,10H2,1-6H3. The topological polar surface area (TPSA) is 51.0 Å². The number of aryl methyl sites for hydroxylation is 2. The van der Waals surface area contributed by atoms with Crippen LogP contribution in [0.2, 0.25) is 0 Å². The molecule has 1 aromatic carbocycles. The summed E-state index contributed by atoms with van der Waals surface area (Å²) in [6.07, 6.45) is 0. The molecule has 1 heterocycles. The average Bonchev–Trinajstić information content (AvgIpc) is 2.89. The van der Waals surface area contributed by atoms with Gasteiger partial charge >= 0.3 is 0 Å². The Balaban J connectivity index is 1.99. The highest BCUT2D eigenvalue weighted by Gasteiger charge is 2.22. The highest BCUT2D eigenvalue weighted by atomic mass is 16.5. The number of hydrogen-bond donors (Lipinski definition) is 1. The second-order valence-corrected chi connectivity index (χ2v) is 6.73. The van der Waals surface area contributed by atoms with Gasteiger partial charge in [0.2, 0.25) is 5.89 Å². The number of rotatable bonds is 4. The van der Waals surface area contributed by atoms with E-state index in [1.807, 2.05) is 6.92 Å². The van der Waals surface area contributed by atoms with E-state index in [1.165, 1.54) is 16.7 Å². The molecule has 2 rings (SSSR count). The van der Waals surface area contributed by atoms with Crippen LogP contribution in [0, 0.1) is 13.8 Å². The third kappa shape index (κ3) is 3.91. The van der Waals surface area contributed by atoms with Gasteiger partial charge in [0.1, 0.15) is 0 Å². The van der Waals surface area contributed by atoms with Crippen LogP contribution in [0.3, 0.4) is 0 Å². The van der Waals surface area contributed by atoms with E-state index in [2.05, 4.69) is 68.3 Å². The molecule has 0 spiro atoms. The Labute approximate surface area is 127 Å². The van der Waals surface area contributed by atoms with Gasteiger partial charge in [0.25, 0.3) is 0 Å². The predicted molar refractivity (Wildman–Crippen MR) is 84.2 cm³/mol. The van der Waals surface area contributed by atoms with Crippen LogP contribution in [0.5, 0.6) is 0 Å². The third-order valence-corrected chi connectivity index (χ3v) is 3.67. The molecule has 2 aromatic rings. The molecule has 0 aliphatic rings. The zero-order chi connectivity index (χ0) is 15.6. The Bertz CT molecular complexity index is 611. The molecule has 4 nitrogen and oxygen atoms in total. The molecular formula is C17H25N3O. The van der Waals surface area contributed by atoms with Crippen LogP contribution in [-0.4, -0.2) is 10.1 Å². The zero-order valence-corrected chi connectivity index (χ0v) is 13.8. The molecule has 1 N–H and O–H groups in total. The quantitative estimate of drug-likeness (QED) is 0.928. The first kappa shape index (κ1) is 15.7. The number of nitrogens with one attached hydrogen (secondary N) is 1. The minimum atomic E-state index is -0.0878. The van der Waals surface area contributed by atoms with Crippen molar-refractivity contribution in [2.75, 3.05) is 0 Å². The van der Waals surface area contributed by atoms with Gasteiger partial charge in [0.05, 0.1) is 6.04 Å². The van der Waals surface area contributed by atoms with Gasteiger partial charge in [0.15, 0.2) is 5.82 Å². The SMILES string of the molecule is Cc1ccc(CNC(C)c2nc(C(C)(C)C)no2)cc1C. The first-order valence-electron chi connectivity index (χ1n) is 7.41. The molecule has 0 bridgehead atoms. The highest BCUT2D eigenvalue weighted by Crippen LogP contribution is 2.21. The maximum Gasteiger partial charge on any atom is 0.243 e. The second kappa shape index (κ2) is 5.98. The van der Waals surface area contributed by atoms with Crippen molar-refractivity contribution in [2.24, 2.45) is 0 Å². The molecule has 0 radical (unpaired) electrons. The maximum atomic E-state index is 5.36. The Morgan fingerprint density at radius 3 is 2.48 bits per heavy atom. The van der Waals surface area contributed by atoms with Crippen molar-refractivity contribution in [3.05, 3.63) is 46.6 Å². The van der Waals surface area contributed by atoms with E-state index >= 15 is 0 Å². The Kier molecular flexibility index (Phi) is 4.47. The minimum Gasteiger partial charge on any atom is -0.338 e. The van der Waals surface area contributed by atoms with Gasteiger partial charge in [-0.15, -0.1) is 0 Å². The molecule has 0 saturated heterocycles. The summed E-state index contributed by atoms with van der Waals surface area (Å²) in [6, 6.07) is 6.55. The van der Waals surface area contributed by atoms with E-state index in [-0.39, 0.29) is 11.5 Å². The number of aromatic nitrogens is 2. The monoisotopic (exact) mass is 287 g/mol. The van der Waals surface area contributed by atoms with Crippen LogP contribution in [-0.2, 0) is 12.0 Å². The number of benzene rings is 1. The molecule has 1 atom stereocenters. The van der Waals surface area contributed by atoms with Crippen molar-refractivity contribution < 1.29 is 4.52 Å². The molecule has 0 aliphatic carbocycles. The van der Waals surface area contributed by atoms with Crippen molar-refractivity contribution >= 4 is 0 Å². The van der Waals surface area contributed by atoms with Crippen LogP contribution in [0.15, 0.2) is 22.7 Å². The molecule has 21 heavy (non-hydrogen) atoms. The summed E-state index contributed by atoms with van der Waals surface area (Å²) in [4.78, 5) is 4.49. The number of nitrogens with zero attached hydrogens (tertiary/aromatic N) is 2. The fourth-order valence-electron chi connectivity index (χ4n) is 1.99. The van der Waals surface area contributed by atoms with Crippen molar-refractivity contribution in [2.45, 2.75) is 59.5 Å². The van der Waals surface area contributed by atoms with Crippen molar-refractivity contribution in [3.63, 3.8) is 0 Å². The molecule has 0 saturated carbocycles. The van der Waals surface area contributed by atoms with E-state index in [0.717, 1.165) is 12.4 Å². The molecule has 0 aliphatic heterocycles. The lowest BCUT2D eigenvalue weighted by Crippen LogP contribution is -2.19. The zero-order valence-electron chi connectivity index (χ0n) is 13.8. The van der Waals surface area contributed by atoms with Crippen molar-refractivity contribution in [3.8, 4) is 0 Å². The molecule has 1 unspecified atom stereocenters. The molecule has 0 fully saturated rings. The lowest BCUT2D eigenvalue weighted by atomic mass is 9.96. The van der Waals surface area contributed by atoms with Gasteiger partial charge in [-0.2, -0.15) is 4.98 Å². The van der Waals surface area contributed by atoms with Crippen LogP contribution in [0.1, 0.15) is 62.1 Å². The van der Waals surface area contributed by atoms with Crippen molar-refractivity contribution in [1.29, 1.82) is 0 Å². The summed E-state index contributed by atoms with van der Waals surface area (Å²) in [5, 5.41) is 7.49. The molecule has 4 heteroatoms. The highest BCUT2D eigenvalue weighted by molar-refractivity contribution is 5.29. The first-order chi connectivity index (χ1) is 9.77. The van der Waals surface area contributed by atoms with Gasteiger partial charge in [-0.3, -0.25) is 0 Å². The number of hydrogen-bond acceptors (Lipinski definition) is 4. The van der Waals surface area contributed by atoms with Crippen LogP contribution in [0.25, 0.3) is 0 Å². The Hall–Kier alpha value is -1.68. The average molecular weight is 287 g/mol. The van der Waals surface area contributed by atoms with E-state index in [1.54, 1.807) is 0 Å². The van der Waals surface area contributed by atoms with Crippen molar-refractivity contribution in [1.82, 2.24) is 15.5 Å². The minimum absolute atomic E-state index is 0.0372. The van der Waals surface area contributed by atoms with Crippen LogP contribution >= 0.6 is 0 Å². The molecule has 0 amide bonds. The molecule has 1 aromatic heterocycles. The smallest absolute Gasteiger partial charge is 0.243 e. The summed E-state index contributed by atoms with van der Waals surface area (Å²) in [5.74, 6) is 1.39. The van der Waals surface area contributed by atoms with E-state index in [4.69, 9.17) is 4.52 Å². The normalized spacial score (nSPS) is 13.4. The second-order valence-electron chi connectivity index (χ2n) is 6.73. The van der Waals surface area contributed by atoms with Gasteiger partial charge < -0.3 is 9.84 Å². The summed E-state index contributed by atoms with van der Waals surface area (Å²) >= 11 is 0. The Morgan fingerprint density at radius 1 is 1.19 bits per heavy atom. The summed E-state index contributed by atoms with van der Waals surface area (Å²) < 4.78 is 5.36. The fraction of sp³-hybridized carbons (Fsp3) is 0.529. The summed E-state index contributed by atoms with van der Waals surface area (Å²) in [7, 11) is 0. The lowest BCUT2D eigenvalue weighted by Gasteiger charge is -2.12. The largest absolute Gasteiger partial charge is 0.338 e. The van der Waals surface area contributed by atoms with Gasteiger partial charge in [0, 0.05) is 12.0 Å². The van der Waals surface area contributed by atoms with Gasteiger partial charge in [-0.05, 0) is 37.5 Å². The van der Waals surface area contributed by atoms with Crippen LogP contribution < -0.4 is 5.32 Å². The fourth-order valence-corrected chi connectivity index (χ4v) is 1.99. The van der Waals surface area contributed by atoms with E-state index in [0.29, 0.717) is 5.89 Å². The lowest BCUT2D eigenvalue weighted by molar-refractivity contribution is 0.330. The van der Waals surface area contributed by atoms with Gasteiger partial charge in [-0.25, -0.2) is 0 Å². The summed E-state index contributed by atoms with van der Waals surface area (Å²) in [6.45, 7) is 13.3. The molecule has 114 valence electrons. The molecular weight excluding hydrogens is 262 g/mol. The third-order valence-electron chi connectivity index (χ3n) is 3.67. The summed E-state index contributed by atoms with van der Waals surface area (Å²) in [5.41, 5.74) is 3.81. The van der Waals surface area contributed by atoms with E-state index in [9.17, 15) is 0 Å². The maximum absolute atomic E-state index is 5.36. The predicted octanol–water partition coefficient (Wildman–Crippen LogP) is 3.83. The van der Waals surface area contributed by atoms with E-state index < -0.39 is 0 Å². The first-order valence-corrected chi connectivity index (χ1v) is 7.41.